The first kappa shape index (κ1) is 14.9. The van der Waals surface area contributed by atoms with Crippen LogP contribution >= 0.6 is 23.2 Å². The van der Waals surface area contributed by atoms with E-state index < -0.39 is 0 Å². The van der Waals surface area contributed by atoms with Gasteiger partial charge in [-0.2, -0.15) is 0 Å². The van der Waals surface area contributed by atoms with Gasteiger partial charge in [-0.05, 0) is 41.1 Å². The number of fused-ring (bicyclic) bond motifs is 1. The van der Waals surface area contributed by atoms with Gasteiger partial charge in [-0.25, -0.2) is 0 Å². The van der Waals surface area contributed by atoms with Gasteiger partial charge in [0.1, 0.15) is 0 Å². The second-order valence-corrected chi connectivity index (χ2v) is 5.84. The fraction of sp³-hybridized carbons (Fsp3) is 0.0556. The molecule has 0 atom stereocenters. The SMILES string of the molecule is CN(C(=O)c1ccc(Cl)c(Cl)c1)c1ccc2ccccc2c1. The average Bonchev–Trinajstić information content (AvgIpc) is 2.55. The molecule has 2 nitrogen and oxygen atoms in total. The van der Waals surface area contributed by atoms with Crippen LogP contribution in [0, 0.1) is 0 Å². The van der Waals surface area contributed by atoms with E-state index in [0.717, 1.165) is 16.5 Å². The summed E-state index contributed by atoms with van der Waals surface area (Å²) < 4.78 is 0. The van der Waals surface area contributed by atoms with E-state index in [1.165, 1.54) is 0 Å². The number of amides is 1. The minimum atomic E-state index is -0.131. The van der Waals surface area contributed by atoms with Crippen molar-refractivity contribution in [3.63, 3.8) is 0 Å². The summed E-state index contributed by atoms with van der Waals surface area (Å²) in [6.45, 7) is 0. The van der Waals surface area contributed by atoms with Crippen LogP contribution in [0.5, 0.6) is 0 Å². The number of nitrogens with zero attached hydrogens (tertiary/aromatic N) is 1. The summed E-state index contributed by atoms with van der Waals surface area (Å²) in [6.07, 6.45) is 0. The van der Waals surface area contributed by atoms with Crippen LogP contribution in [0.2, 0.25) is 10.0 Å². The maximum absolute atomic E-state index is 12.6. The van der Waals surface area contributed by atoms with Crippen LogP contribution in [0.1, 0.15) is 10.4 Å². The molecule has 0 aliphatic heterocycles. The summed E-state index contributed by atoms with van der Waals surface area (Å²) in [5.74, 6) is -0.131. The van der Waals surface area contributed by atoms with E-state index in [2.05, 4.69) is 0 Å². The number of rotatable bonds is 2. The van der Waals surface area contributed by atoms with Crippen molar-refractivity contribution in [2.45, 2.75) is 0 Å². The van der Waals surface area contributed by atoms with Crippen molar-refractivity contribution in [1.29, 1.82) is 0 Å². The zero-order valence-corrected chi connectivity index (χ0v) is 13.4. The monoisotopic (exact) mass is 329 g/mol. The minimum absolute atomic E-state index is 0.131. The zero-order chi connectivity index (χ0) is 15.7. The summed E-state index contributed by atoms with van der Waals surface area (Å²) in [6, 6.07) is 18.9. The van der Waals surface area contributed by atoms with Gasteiger partial charge in [0.05, 0.1) is 10.0 Å². The number of benzene rings is 3. The first-order chi connectivity index (χ1) is 10.6. The molecule has 0 N–H and O–H groups in total. The third-order valence-corrected chi connectivity index (χ3v) is 4.33. The topological polar surface area (TPSA) is 20.3 Å². The van der Waals surface area contributed by atoms with E-state index in [1.807, 2.05) is 42.5 Å². The molecule has 0 heterocycles. The summed E-state index contributed by atoms with van der Waals surface area (Å²) in [5, 5.41) is 3.04. The highest BCUT2D eigenvalue weighted by molar-refractivity contribution is 6.42. The van der Waals surface area contributed by atoms with Gasteiger partial charge in [-0.15, -0.1) is 0 Å². The van der Waals surface area contributed by atoms with Crippen LogP contribution in [0.25, 0.3) is 10.8 Å². The van der Waals surface area contributed by atoms with Crippen molar-refractivity contribution in [3.8, 4) is 0 Å². The van der Waals surface area contributed by atoms with Crippen molar-refractivity contribution in [3.05, 3.63) is 76.3 Å². The Bertz CT molecular complexity index is 861. The predicted octanol–water partition coefficient (Wildman–Crippen LogP) is 5.42. The standard InChI is InChI=1S/C18H13Cl2NO/c1-21(18(22)14-7-9-16(19)17(20)11-14)15-8-6-12-4-2-3-5-13(12)10-15/h2-11H,1H3. The molecule has 3 rings (SSSR count). The molecular weight excluding hydrogens is 317 g/mol. The molecule has 1 amide bonds. The van der Waals surface area contributed by atoms with Crippen LogP contribution in [0.3, 0.4) is 0 Å². The molecule has 22 heavy (non-hydrogen) atoms. The Kier molecular flexibility index (Phi) is 4.06. The molecular formula is C18H13Cl2NO. The van der Waals surface area contributed by atoms with Gasteiger partial charge < -0.3 is 4.90 Å². The lowest BCUT2D eigenvalue weighted by molar-refractivity contribution is 0.0993. The molecule has 0 bridgehead atoms. The average molecular weight is 330 g/mol. The quantitative estimate of drug-likeness (QED) is 0.614. The van der Waals surface area contributed by atoms with Crippen LogP contribution in [0.15, 0.2) is 60.7 Å². The number of carbonyl (C=O) groups excluding carboxylic acids is 1. The molecule has 3 aromatic rings. The van der Waals surface area contributed by atoms with E-state index in [1.54, 1.807) is 30.1 Å². The lowest BCUT2D eigenvalue weighted by Crippen LogP contribution is -2.26. The largest absolute Gasteiger partial charge is 0.311 e. The maximum atomic E-state index is 12.6. The van der Waals surface area contributed by atoms with Gasteiger partial charge in [-0.1, -0.05) is 53.5 Å². The van der Waals surface area contributed by atoms with Crippen molar-refractivity contribution in [2.75, 3.05) is 11.9 Å². The normalized spacial score (nSPS) is 10.7. The van der Waals surface area contributed by atoms with Gasteiger partial charge in [0, 0.05) is 18.3 Å². The van der Waals surface area contributed by atoms with Crippen molar-refractivity contribution >= 4 is 45.6 Å². The molecule has 0 saturated heterocycles. The summed E-state index contributed by atoms with van der Waals surface area (Å²) in [7, 11) is 1.74. The van der Waals surface area contributed by atoms with Crippen LogP contribution in [-0.2, 0) is 0 Å². The zero-order valence-electron chi connectivity index (χ0n) is 11.9. The highest BCUT2D eigenvalue weighted by Gasteiger charge is 2.15. The van der Waals surface area contributed by atoms with Gasteiger partial charge >= 0.3 is 0 Å². The number of carbonyl (C=O) groups is 1. The van der Waals surface area contributed by atoms with E-state index in [4.69, 9.17) is 23.2 Å². The van der Waals surface area contributed by atoms with E-state index in [0.29, 0.717) is 15.6 Å². The molecule has 4 heteroatoms. The molecule has 0 spiro atoms. The Balaban J connectivity index is 1.95. The van der Waals surface area contributed by atoms with Crippen LogP contribution in [0.4, 0.5) is 5.69 Å². The molecule has 3 aromatic carbocycles. The minimum Gasteiger partial charge on any atom is -0.311 e. The molecule has 0 aromatic heterocycles. The Morgan fingerprint density at radius 3 is 2.32 bits per heavy atom. The molecule has 0 saturated carbocycles. The molecule has 0 unspecified atom stereocenters. The second-order valence-electron chi connectivity index (χ2n) is 5.02. The van der Waals surface area contributed by atoms with Gasteiger partial charge in [0.2, 0.25) is 0 Å². The fourth-order valence-corrected chi connectivity index (χ4v) is 2.62. The van der Waals surface area contributed by atoms with Gasteiger partial charge in [0.15, 0.2) is 0 Å². The first-order valence-corrected chi connectivity index (χ1v) is 7.54. The number of hydrogen-bond donors (Lipinski definition) is 0. The fourth-order valence-electron chi connectivity index (χ4n) is 2.33. The number of hydrogen-bond acceptors (Lipinski definition) is 1. The van der Waals surface area contributed by atoms with Crippen LogP contribution < -0.4 is 4.90 Å². The van der Waals surface area contributed by atoms with E-state index in [9.17, 15) is 4.79 Å². The maximum Gasteiger partial charge on any atom is 0.258 e. The predicted molar refractivity (Wildman–Crippen MR) is 93.1 cm³/mol. The van der Waals surface area contributed by atoms with Gasteiger partial charge in [0.25, 0.3) is 5.91 Å². The molecule has 0 aliphatic carbocycles. The Morgan fingerprint density at radius 2 is 1.59 bits per heavy atom. The Morgan fingerprint density at radius 1 is 0.864 bits per heavy atom. The third-order valence-electron chi connectivity index (χ3n) is 3.59. The van der Waals surface area contributed by atoms with Crippen molar-refractivity contribution in [2.24, 2.45) is 0 Å². The van der Waals surface area contributed by atoms with Crippen LogP contribution in [-0.4, -0.2) is 13.0 Å². The smallest absolute Gasteiger partial charge is 0.258 e. The third kappa shape index (κ3) is 2.80. The highest BCUT2D eigenvalue weighted by Crippen LogP contribution is 2.26. The van der Waals surface area contributed by atoms with E-state index in [-0.39, 0.29) is 5.91 Å². The first-order valence-electron chi connectivity index (χ1n) is 6.78. The van der Waals surface area contributed by atoms with Crippen molar-refractivity contribution < 1.29 is 4.79 Å². The summed E-state index contributed by atoms with van der Waals surface area (Å²) in [5.41, 5.74) is 1.33. The lowest BCUT2D eigenvalue weighted by Gasteiger charge is -2.18. The van der Waals surface area contributed by atoms with Crippen molar-refractivity contribution in [1.82, 2.24) is 0 Å². The molecule has 0 radical (unpaired) electrons. The lowest BCUT2D eigenvalue weighted by atomic mass is 10.1. The molecule has 0 fully saturated rings. The van der Waals surface area contributed by atoms with Gasteiger partial charge in [-0.3, -0.25) is 4.79 Å². The molecule has 0 aliphatic rings. The summed E-state index contributed by atoms with van der Waals surface area (Å²) >= 11 is 11.9. The Hall–Kier alpha value is -2.03. The Labute approximate surface area is 138 Å². The highest BCUT2D eigenvalue weighted by atomic mass is 35.5. The number of halogens is 2. The molecule has 110 valence electrons. The second kappa shape index (κ2) is 5.99. The number of anilines is 1. The van der Waals surface area contributed by atoms with E-state index >= 15 is 0 Å². The summed E-state index contributed by atoms with van der Waals surface area (Å²) in [4.78, 5) is 14.2.